The van der Waals surface area contributed by atoms with Crippen molar-refractivity contribution in [3.05, 3.63) is 59.4 Å². The molecular weight excluding hydrogens is 670 g/mol. The third-order valence-corrected chi connectivity index (χ3v) is 11.5. The fourth-order valence-electron chi connectivity index (χ4n) is 7.89. The molecule has 6 rings (SSSR count). The summed E-state index contributed by atoms with van der Waals surface area (Å²) in [5.41, 5.74) is 0.524. The van der Waals surface area contributed by atoms with Crippen LogP contribution < -0.4 is 14.4 Å². The van der Waals surface area contributed by atoms with Crippen LogP contribution >= 0.6 is 23.2 Å². The first kappa shape index (κ1) is 33.7. The van der Waals surface area contributed by atoms with Crippen LogP contribution in [0.2, 0.25) is 0 Å². The molecule has 0 unspecified atom stereocenters. The molecule has 6 atom stereocenters. The van der Waals surface area contributed by atoms with E-state index in [1.165, 1.54) is 43.4 Å². The summed E-state index contributed by atoms with van der Waals surface area (Å²) < 4.78 is 24.8. The summed E-state index contributed by atoms with van der Waals surface area (Å²) >= 11 is 14.7. The van der Waals surface area contributed by atoms with Crippen LogP contribution in [0, 0.1) is 23.6 Å². The van der Waals surface area contributed by atoms with Gasteiger partial charge in [-0.05, 0) is 55.9 Å². The largest absolute Gasteiger partial charge is 0.507 e. The molecule has 2 aliphatic carbocycles. The minimum atomic E-state index is -2.26. The van der Waals surface area contributed by atoms with Crippen molar-refractivity contribution >= 4 is 58.5 Å². The summed E-state index contributed by atoms with van der Waals surface area (Å²) in [7, 11) is 2.74. The molecule has 1 saturated carbocycles. The number of hydrogen-bond donors (Lipinski definition) is 2. The Bertz CT molecular complexity index is 1750. The Balaban J connectivity index is 1.47. The van der Waals surface area contributed by atoms with Gasteiger partial charge in [0.25, 0.3) is 11.8 Å². The van der Waals surface area contributed by atoms with E-state index in [-0.39, 0.29) is 60.2 Å². The van der Waals surface area contributed by atoms with Gasteiger partial charge in [-0.3, -0.25) is 28.9 Å². The number of imide groups is 2. The van der Waals surface area contributed by atoms with Crippen molar-refractivity contribution in [3.8, 4) is 17.2 Å². The summed E-state index contributed by atoms with van der Waals surface area (Å²) in [5.74, 6) is -8.07. The van der Waals surface area contributed by atoms with Crippen LogP contribution in [-0.2, 0) is 24.0 Å². The number of benzene rings is 2. The lowest BCUT2D eigenvalue weighted by Gasteiger charge is -2.50. The molecule has 2 N–H and O–H groups in total. The van der Waals surface area contributed by atoms with Crippen LogP contribution in [0.5, 0.6) is 17.2 Å². The Hall–Kier alpha value is -4.16. The Morgan fingerprint density at radius 2 is 1.69 bits per heavy atom. The lowest BCUT2D eigenvalue weighted by Crippen LogP contribution is -2.60. The molecule has 3 fully saturated rings. The number of nitrogens with zero attached hydrogens (tertiary/aromatic N) is 2. The summed E-state index contributed by atoms with van der Waals surface area (Å²) in [6.45, 7) is 0.101. The van der Waals surface area contributed by atoms with Crippen LogP contribution in [0.4, 0.5) is 10.1 Å². The van der Waals surface area contributed by atoms with E-state index in [0.717, 1.165) is 17.0 Å². The van der Waals surface area contributed by atoms with Gasteiger partial charge in [-0.15, -0.1) is 23.2 Å². The maximum Gasteiger partial charge on any atom is 0.303 e. The standard InChI is InChI=1S/C34H33Cl2FN2O9/c1-47-19-14-23(40)27(24(15-19)48-2)28-20-11-12-21-26(30(44)38(29(21)43)13-5-3-4-6-25(41)42)22(20)16-33(35)31(45)39(32(46)34(28,33)36)18-9-7-17(37)8-10-18/h7-11,14-15,21-22,26,28,40H,3-6,12-13,16H2,1-2H3,(H,41,42)/t21-,22+,26-,28+,33+,34-/m0/s1. The zero-order valence-corrected chi connectivity index (χ0v) is 27.6. The number of carboxylic acid groups (broad SMARTS) is 1. The smallest absolute Gasteiger partial charge is 0.303 e. The van der Waals surface area contributed by atoms with E-state index in [0.29, 0.717) is 24.8 Å². The first-order valence-electron chi connectivity index (χ1n) is 15.5. The molecule has 2 aromatic carbocycles. The number of methoxy groups -OCH3 is 2. The Morgan fingerprint density at radius 3 is 2.33 bits per heavy atom. The molecule has 4 aliphatic rings. The maximum atomic E-state index is 14.5. The molecule has 11 nitrogen and oxygen atoms in total. The lowest BCUT2D eigenvalue weighted by molar-refractivity contribution is -0.141. The minimum absolute atomic E-state index is 0.0226. The third-order valence-electron chi connectivity index (χ3n) is 10.1. The van der Waals surface area contributed by atoms with Gasteiger partial charge >= 0.3 is 5.97 Å². The summed E-state index contributed by atoms with van der Waals surface area (Å²) in [4.78, 5) is 65.0. The second kappa shape index (κ2) is 12.4. The Labute approximate surface area is 285 Å². The Morgan fingerprint density at radius 1 is 0.979 bits per heavy atom. The second-order valence-corrected chi connectivity index (χ2v) is 13.8. The van der Waals surface area contributed by atoms with Crippen molar-refractivity contribution in [3.63, 3.8) is 0 Å². The normalized spacial score (nSPS) is 29.4. The monoisotopic (exact) mass is 702 g/mol. The zero-order valence-electron chi connectivity index (χ0n) is 26.1. The van der Waals surface area contributed by atoms with E-state index in [4.69, 9.17) is 37.8 Å². The van der Waals surface area contributed by atoms with Gasteiger partial charge < -0.3 is 19.7 Å². The average molecular weight is 704 g/mol. The maximum absolute atomic E-state index is 14.5. The number of carbonyl (C=O) groups excluding carboxylic acids is 4. The fraction of sp³-hybridized carbons (Fsp3) is 0.441. The van der Waals surface area contributed by atoms with Gasteiger partial charge in [-0.2, -0.15) is 0 Å². The van der Waals surface area contributed by atoms with Gasteiger partial charge in [0, 0.05) is 36.6 Å². The molecule has 2 aliphatic heterocycles. The first-order chi connectivity index (χ1) is 22.8. The number of carboxylic acids is 1. The van der Waals surface area contributed by atoms with Gasteiger partial charge in [-0.25, -0.2) is 9.29 Å². The van der Waals surface area contributed by atoms with Crippen molar-refractivity contribution < 1.29 is 48.0 Å². The lowest BCUT2D eigenvalue weighted by atomic mass is 9.56. The van der Waals surface area contributed by atoms with Crippen molar-refractivity contribution in [1.29, 1.82) is 0 Å². The molecule has 0 radical (unpaired) electrons. The molecule has 254 valence electrons. The summed E-state index contributed by atoms with van der Waals surface area (Å²) in [6.07, 6.45) is 2.87. The predicted molar refractivity (Wildman–Crippen MR) is 171 cm³/mol. The van der Waals surface area contributed by atoms with Gasteiger partial charge in [-0.1, -0.05) is 18.1 Å². The second-order valence-electron chi connectivity index (χ2n) is 12.5. The first-order valence-corrected chi connectivity index (χ1v) is 16.3. The minimum Gasteiger partial charge on any atom is -0.507 e. The highest BCUT2D eigenvalue weighted by atomic mass is 35.5. The number of phenolic OH excluding ortho intramolecular Hbond substituents is 1. The zero-order chi connectivity index (χ0) is 34.7. The highest BCUT2D eigenvalue weighted by molar-refractivity contribution is 6.58. The quantitative estimate of drug-likeness (QED) is 0.155. The number of amides is 4. The number of alkyl halides is 2. The number of fused-ring (bicyclic) bond motifs is 4. The number of anilines is 1. The molecule has 2 saturated heterocycles. The molecule has 14 heteroatoms. The Kier molecular flexibility index (Phi) is 8.70. The number of phenols is 1. The van der Waals surface area contributed by atoms with E-state index in [1.807, 2.05) is 0 Å². The molecule has 2 aromatic rings. The van der Waals surface area contributed by atoms with Crippen molar-refractivity contribution in [1.82, 2.24) is 4.90 Å². The van der Waals surface area contributed by atoms with Crippen molar-refractivity contribution in [2.75, 3.05) is 25.7 Å². The number of aliphatic carboxylic acids is 1. The average Bonchev–Trinajstić information content (AvgIpc) is 3.38. The molecule has 0 spiro atoms. The molecular formula is C34H33Cl2FN2O9. The van der Waals surface area contributed by atoms with E-state index >= 15 is 0 Å². The number of aromatic hydroxyl groups is 1. The number of allylic oxidation sites excluding steroid dienone is 2. The molecule has 2 heterocycles. The summed E-state index contributed by atoms with van der Waals surface area (Å²) in [5, 5.41) is 20.4. The number of unbranched alkanes of at least 4 members (excludes halogenated alkanes) is 2. The van der Waals surface area contributed by atoms with Gasteiger partial charge in [0.05, 0.1) is 31.7 Å². The number of rotatable bonds is 10. The van der Waals surface area contributed by atoms with Crippen LogP contribution in [0.1, 0.15) is 50.0 Å². The molecule has 4 amide bonds. The highest BCUT2D eigenvalue weighted by Crippen LogP contribution is 2.67. The molecule has 48 heavy (non-hydrogen) atoms. The van der Waals surface area contributed by atoms with Gasteiger partial charge in [0.1, 0.15) is 23.1 Å². The number of carbonyl (C=O) groups is 5. The molecule has 0 bridgehead atoms. The fourth-order valence-corrected chi connectivity index (χ4v) is 8.81. The van der Waals surface area contributed by atoms with E-state index in [2.05, 4.69) is 0 Å². The summed E-state index contributed by atoms with van der Waals surface area (Å²) in [6, 6.07) is 7.46. The number of halogens is 3. The SMILES string of the molecule is COc1cc(O)c([C@H]2C3=CC[C@@H]4C(=O)N(CCCCCC(=O)O)C(=O)[C@@H]4[C@@H]3C[C@@]3(Cl)C(=O)N(c4ccc(F)cc4)C(=O)[C@@]23Cl)c(OC)c1. The highest BCUT2D eigenvalue weighted by Gasteiger charge is 2.77. The number of hydrogen-bond acceptors (Lipinski definition) is 8. The number of ether oxygens (including phenoxy) is 2. The van der Waals surface area contributed by atoms with Gasteiger partial charge in [0.15, 0.2) is 9.75 Å². The molecule has 0 aromatic heterocycles. The third kappa shape index (κ3) is 4.94. The van der Waals surface area contributed by atoms with Crippen molar-refractivity contribution in [2.45, 2.75) is 54.2 Å². The van der Waals surface area contributed by atoms with Crippen LogP contribution in [0.25, 0.3) is 0 Å². The van der Waals surface area contributed by atoms with Crippen LogP contribution in [-0.4, -0.2) is 75.2 Å². The van der Waals surface area contributed by atoms with E-state index in [9.17, 15) is 33.5 Å². The van der Waals surface area contributed by atoms with Crippen LogP contribution in [0.3, 0.4) is 0 Å². The van der Waals surface area contributed by atoms with E-state index < -0.39 is 62.9 Å². The predicted octanol–water partition coefficient (Wildman–Crippen LogP) is 4.76. The van der Waals surface area contributed by atoms with Gasteiger partial charge in [0.2, 0.25) is 11.8 Å². The van der Waals surface area contributed by atoms with E-state index in [1.54, 1.807) is 6.08 Å². The van der Waals surface area contributed by atoms with Crippen molar-refractivity contribution in [2.24, 2.45) is 17.8 Å². The number of likely N-dealkylation sites (tertiary alicyclic amines) is 1. The van der Waals surface area contributed by atoms with Crippen LogP contribution in [0.15, 0.2) is 48.0 Å². The topological polar surface area (TPSA) is 151 Å².